The van der Waals surface area contributed by atoms with Gasteiger partial charge in [0.25, 0.3) is 11.8 Å². The van der Waals surface area contributed by atoms with Crippen molar-refractivity contribution in [3.8, 4) is 5.75 Å². The molecule has 0 unspecified atom stereocenters. The minimum absolute atomic E-state index is 0.0739. The number of fused-ring (bicyclic) bond motifs is 1. The first-order valence-electron chi connectivity index (χ1n) is 9.47. The quantitative estimate of drug-likeness (QED) is 0.701. The summed E-state index contributed by atoms with van der Waals surface area (Å²) in [5, 5.41) is 10.1. The topological polar surface area (TPSA) is 87.3 Å². The summed E-state index contributed by atoms with van der Waals surface area (Å²) >= 11 is 0. The Kier molecular flexibility index (Phi) is 5.29. The zero-order chi connectivity index (χ0) is 20.2. The van der Waals surface area contributed by atoms with Crippen LogP contribution in [0.4, 0.5) is 0 Å². The smallest absolute Gasteiger partial charge is 0.272 e. The number of amides is 2. The zero-order valence-corrected chi connectivity index (χ0v) is 16.1. The maximum absolute atomic E-state index is 12.9. The van der Waals surface area contributed by atoms with Crippen LogP contribution in [0.25, 0.3) is 0 Å². The molecule has 2 heterocycles. The minimum atomic E-state index is -0.245. The highest BCUT2D eigenvalue weighted by molar-refractivity contribution is 5.96. The fraction of sp³-hybridized carbons (Fsp3) is 0.227. The molecule has 1 aliphatic rings. The first-order chi connectivity index (χ1) is 14.2. The maximum atomic E-state index is 12.9. The molecular formula is C22H22N4O3. The van der Waals surface area contributed by atoms with Crippen LogP contribution in [0.2, 0.25) is 0 Å². The molecule has 0 saturated heterocycles. The second kappa shape index (κ2) is 8.18. The predicted molar refractivity (Wildman–Crippen MR) is 108 cm³/mol. The highest BCUT2D eigenvalue weighted by atomic mass is 16.5. The lowest BCUT2D eigenvalue weighted by Gasteiger charge is -2.27. The van der Waals surface area contributed by atoms with E-state index in [4.69, 9.17) is 4.74 Å². The number of nitrogens with zero attached hydrogens (tertiary/aromatic N) is 2. The Bertz CT molecular complexity index is 1010. The SMILES string of the molecule is COc1ccc(C(=O)N2CCc3[nH]nc(C(=O)NCc4ccccc4)c3C2)cc1. The number of aromatic amines is 1. The van der Waals surface area contributed by atoms with Crippen molar-refractivity contribution < 1.29 is 14.3 Å². The van der Waals surface area contributed by atoms with E-state index in [1.165, 1.54) is 0 Å². The average Bonchev–Trinajstić information content (AvgIpc) is 3.21. The van der Waals surface area contributed by atoms with Crippen LogP contribution >= 0.6 is 0 Å². The van der Waals surface area contributed by atoms with Crippen LogP contribution in [-0.4, -0.2) is 40.6 Å². The highest BCUT2D eigenvalue weighted by Gasteiger charge is 2.28. The number of benzene rings is 2. The Balaban J connectivity index is 1.46. The van der Waals surface area contributed by atoms with Crippen LogP contribution in [0.3, 0.4) is 0 Å². The molecule has 0 spiro atoms. The van der Waals surface area contributed by atoms with Gasteiger partial charge in [-0.3, -0.25) is 14.7 Å². The van der Waals surface area contributed by atoms with Crippen LogP contribution < -0.4 is 10.1 Å². The van der Waals surface area contributed by atoms with Crippen molar-refractivity contribution >= 4 is 11.8 Å². The molecule has 4 rings (SSSR count). The summed E-state index contributed by atoms with van der Waals surface area (Å²) in [4.78, 5) is 27.3. The zero-order valence-electron chi connectivity index (χ0n) is 16.1. The van der Waals surface area contributed by atoms with Gasteiger partial charge in [-0.05, 0) is 29.8 Å². The number of aromatic nitrogens is 2. The Hall–Kier alpha value is -3.61. The van der Waals surface area contributed by atoms with E-state index < -0.39 is 0 Å². The lowest BCUT2D eigenvalue weighted by Crippen LogP contribution is -2.36. The summed E-state index contributed by atoms with van der Waals surface area (Å²) in [6.45, 7) is 1.35. The van der Waals surface area contributed by atoms with Crippen LogP contribution in [0.5, 0.6) is 5.75 Å². The van der Waals surface area contributed by atoms with E-state index in [9.17, 15) is 9.59 Å². The number of hydrogen-bond donors (Lipinski definition) is 2. The highest BCUT2D eigenvalue weighted by Crippen LogP contribution is 2.23. The van der Waals surface area contributed by atoms with Gasteiger partial charge in [0.05, 0.1) is 13.7 Å². The standard InChI is InChI=1S/C22H22N4O3/c1-29-17-9-7-16(8-10-17)22(28)26-12-11-19-18(14-26)20(25-24-19)21(27)23-13-15-5-3-2-4-6-15/h2-10H,11-14H2,1H3,(H,23,27)(H,24,25). The number of nitrogens with one attached hydrogen (secondary N) is 2. The number of H-pyrrole nitrogens is 1. The van der Waals surface area contributed by atoms with E-state index in [0.717, 1.165) is 16.8 Å². The Morgan fingerprint density at radius 3 is 2.62 bits per heavy atom. The van der Waals surface area contributed by atoms with Gasteiger partial charge < -0.3 is 15.0 Å². The second-order valence-corrected chi connectivity index (χ2v) is 6.90. The number of hydrogen-bond acceptors (Lipinski definition) is 4. The molecule has 7 heteroatoms. The predicted octanol–water partition coefficient (Wildman–Crippen LogP) is 2.55. The van der Waals surface area contributed by atoms with Crippen LogP contribution in [0.15, 0.2) is 54.6 Å². The van der Waals surface area contributed by atoms with Gasteiger partial charge in [-0.25, -0.2) is 0 Å². The van der Waals surface area contributed by atoms with Crippen molar-refractivity contribution in [2.75, 3.05) is 13.7 Å². The van der Waals surface area contributed by atoms with Gasteiger partial charge in [0.1, 0.15) is 5.75 Å². The molecule has 2 N–H and O–H groups in total. The van der Waals surface area contributed by atoms with Crippen molar-refractivity contribution in [3.63, 3.8) is 0 Å². The van der Waals surface area contributed by atoms with Gasteiger partial charge in [-0.15, -0.1) is 0 Å². The molecule has 0 fully saturated rings. The Morgan fingerprint density at radius 1 is 1.14 bits per heavy atom. The minimum Gasteiger partial charge on any atom is -0.497 e. The van der Waals surface area contributed by atoms with Crippen molar-refractivity contribution in [3.05, 3.63) is 82.7 Å². The number of ether oxygens (including phenoxy) is 1. The van der Waals surface area contributed by atoms with Crippen LogP contribution in [0, 0.1) is 0 Å². The van der Waals surface area contributed by atoms with Crippen molar-refractivity contribution in [2.45, 2.75) is 19.5 Å². The largest absolute Gasteiger partial charge is 0.497 e. The maximum Gasteiger partial charge on any atom is 0.272 e. The van der Waals surface area contributed by atoms with E-state index in [2.05, 4.69) is 15.5 Å². The van der Waals surface area contributed by atoms with Crippen LogP contribution in [-0.2, 0) is 19.5 Å². The van der Waals surface area contributed by atoms with E-state index in [-0.39, 0.29) is 11.8 Å². The Morgan fingerprint density at radius 2 is 1.90 bits per heavy atom. The monoisotopic (exact) mass is 390 g/mol. The van der Waals surface area contributed by atoms with Gasteiger partial charge in [-0.2, -0.15) is 5.10 Å². The number of carbonyl (C=O) groups is 2. The Labute approximate surface area is 168 Å². The first-order valence-corrected chi connectivity index (χ1v) is 9.47. The molecule has 148 valence electrons. The summed E-state index contributed by atoms with van der Waals surface area (Å²) in [7, 11) is 1.59. The van der Waals surface area contributed by atoms with Gasteiger partial charge in [0.15, 0.2) is 5.69 Å². The molecule has 2 aromatic carbocycles. The molecule has 1 aliphatic heterocycles. The molecule has 0 saturated carbocycles. The van der Waals surface area contributed by atoms with Gasteiger partial charge in [0.2, 0.25) is 0 Å². The summed E-state index contributed by atoms with van der Waals surface area (Å²) in [5.41, 5.74) is 3.65. The van der Waals surface area contributed by atoms with Gasteiger partial charge in [0, 0.05) is 36.3 Å². The third-order valence-electron chi connectivity index (χ3n) is 5.07. The van der Waals surface area contributed by atoms with E-state index in [0.29, 0.717) is 43.1 Å². The van der Waals surface area contributed by atoms with Gasteiger partial charge >= 0.3 is 0 Å². The number of methoxy groups -OCH3 is 1. The second-order valence-electron chi connectivity index (χ2n) is 6.90. The first kappa shape index (κ1) is 18.7. The van der Waals surface area contributed by atoms with Crippen LogP contribution in [0.1, 0.15) is 37.7 Å². The average molecular weight is 390 g/mol. The summed E-state index contributed by atoms with van der Waals surface area (Å²) in [5.74, 6) is 0.384. The molecular weight excluding hydrogens is 368 g/mol. The summed E-state index contributed by atoms with van der Waals surface area (Å²) in [6.07, 6.45) is 0.635. The molecule has 1 aromatic heterocycles. The number of rotatable bonds is 5. The van der Waals surface area contributed by atoms with Gasteiger partial charge in [-0.1, -0.05) is 30.3 Å². The molecule has 29 heavy (non-hydrogen) atoms. The van der Waals surface area contributed by atoms with E-state index >= 15 is 0 Å². The molecule has 7 nitrogen and oxygen atoms in total. The third-order valence-corrected chi connectivity index (χ3v) is 5.07. The lowest BCUT2D eigenvalue weighted by atomic mass is 10.0. The molecule has 3 aromatic rings. The molecule has 0 atom stereocenters. The normalized spacial score (nSPS) is 12.9. The molecule has 0 bridgehead atoms. The summed E-state index contributed by atoms with van der Waals surface area (Å²) in [6, 6.07) is 16.7. The van der Waals surface area contributed by atoms with Crippen molar-refractivity contribution in [1.29, 1.82) is 0 Å². The van der Waals surface area contributed by atoms with E-state index in [1.807, 2.05) is 30.3 Å². The van der Waals surface area contributed by atoms with Crippen molar-refractivity contribution in [1.82, 2.24) is 20.4 Å². The molecule has 2 amide bonds. The number of carbonyl (C=O) groups excluding carboxylic acids is 2. The van der Waals surface area contributed by atoms with E-state index in [1.54, 1.807) is 36.3 Å². The fourth-order valence-corrected chi connectivity index (χ4v) is 3.43. The lowest BCUT2D eigenvalue weighted by molar-refractivity contribution is 0.0731. The third kappa shape index (κ3) is 3.99. The van der Waals surface area contributed by atoms with Crippen molar-refractivity contribution in [2.24, 2.45) is 0 Å². The molecule has 0 aliphatic carbocycles. The molecule has 0 radical (unpaired) electrons. The fourth-order valence-electron chi connectivity index (χ4n) is 3.43. The summed E-state index contributed by atoms with van der Waals surface area (Å²) < 4.78 is 5.15.